The van der Waals surface area contributed by atoms with Gasteiger partial charge in [0.1, 0.15) is 0 Å². The van der Waals surface area contributed by atoms with E-state index in [4.69, 9.17) is 11.5 Å². The van der Waals surface area contributed by atoms with Crippen LogP contribution < -0.4 is 0 Å². The normalized spacial score (nSPS) is 10.2. The zero-order valence-electron chi connectivity index (χ0n) is 8.41. The average Bonchev–Trinajstić information content (AvgIpc) is 2.20. The van der Waals surface area contributed by atoms with E-state index < -0.39 is 6.10 Å². The predicted molar refractivity (Wildman–Crippen MR) is 62.1 cm³/mol. The molecule has 1 heteroatoms. The zero-order chi connectivity index (χ0) is 11.4. The fourth-order valence-electron chi connectivity index (χ4n) is 0.536. The van der Waals surface area contributed by atoms with Gasteiger partial charge in [-0.2, -0.15) is 0 Å². The topological polar surface area (TPSA) is 20.2 Å². The lowest BCUT2D eigenvalue weighted by atomic mass is 10.3. The Morgan fingerprint density at radius 2 is 1.73 bits per heavy atom. The number of hydrogen-bond acceptors (Lipinski definition) is 1. The maximum Gasteiger partial charge on any atom is 0.0695 e. The molecule has 1 N–H and O–H groups in total. The number of aliphatic hydroxyl groups is 1. The third kappa shape index (κ3) is 11.7. The fourth-order valence-corrected chi connectivity index (χ4v) is 0.536. The van der Waals surface area contributed by atoms with E-state index in [0.717, 1.165) is 0 Å². The Balaban J connectivity index is 4.00. The SMILES string of the molecule is C#CC#CC#CC#C/C=C\C=C\[C@H](C)O. The van der Waals surface area contributed by atoms with Crippen molar-refractivity contribution in [2.75, 3.05) is 0 Å². The maximum atomic E-state index is 8.87. The van der Waals surface area contributed by atoms with Crippen molar-refractivity contribution in [2.45, 2.75) is 13.0 Å². The van der Waals surface area contributed by atoms with E-state index in [9.17, 15) is 0 Å². The van der Waals surface area contributed by atoms with Gasteiger partial charge in [0, 0.05) is 0 Å². The summed E-state index contributed by atoms with van der Waals surface area (Å²) in [6, 6.07) is 0. The molecule has 0 amide bonds. The number of rotatable bonds is 2. The van der Waals surface area contributed by atoms with Crippen molar-refractivity contribution in [1.29, 1.82) is 0 Å². The standard InChI is InChI=1S/C14H10O/c1-3-4-5-6-7-8-9-10-11-12-13-14(2)15/h1,10-15H,2H3/b11-10-,13-12+/t14-/m0/s1. The summed E-state index contributed by atoms with van der Waals surface area (Å²) in [5.41, 5.74) is 0. The number of aliphatic hydroxyl groups excluding tert-OH is 1. The van der Waals surface area contributed by atoms with E-state index in [2.05, 4.69) is 41.4 Å². The van der Waals surface area contributed by atoms with Gasteiger partial charge < -0.3 is 5.11 Å². The van der Waals surface area contributed by atoms with Crippen molar-refractivity contribution in [2.24, 2.45) is 0 Å². The summed E-state index contributed by atoms with van der Waals surface area (Å²) in [5.74, 6) is 17.2. The number of allylic oxidation sites excluding steroid dienone is 3. The van der Waals surface area contributed by atoms with Crippen molar-refractivity contribution >= 4 is 0 Å². The summed E-state index contributed by atoms with van der Waals surface area (Å²) < 4.78 is 0. The first-order valence-corrected chi connectivity index (χ1v) is 4.25. The molecule has 1 atom stereocenters. The first kappa shape index (κ1) is 12.7. The molecule has 1 nitrogen and oxygen atoms in total. The van der Waals surface area contributed by atoms with Gasteiger partial charge in [-0.3, -0.25) is 0 Å². The Bertz CT molecular complexity index is 451. The molecule has 0 heterocycles. The summed E-state index contributed by atoms with van der Waals surface area (Å²) in [6.45, 7) is 1.67. The highest BCUT2D eigenvalue weighted by atomic mass is 16.3. The van der Waals surface area contributed by atoms with Crippen LogP contribution in [0.15, 0.2) is 24.3 Å². The van der Waals surface area contributed by atoms with Gasteiger partial charge in [0.2, 0.25) is 0 Å². The molecule has 0 rings (SSSR count). The summed E-state index contributed by atoms with van der Waals surface area (Å²) >= 11 is 0. The number of hydrogen-bond donors (Lipinski definition) is 1. The molecular formula is C14H10O. The minimum absolute atomic E-state index is 0.443. The molecule has 0 aromatic heterocycles. The molecule has 0 fully saturated rings. The highest BCUT2D eigenvalue weighted by Crippen LogP contribution is 1.83. The van der Waals surface area contributed by atoms with E-state index >= 15 is 0 Å². The minimum Gasteiger partial charge on any atom is -0.389 e. The van der Waals surface area contributed by atoms with Gasteiger partial charge in [0.25, 0.3) is 0 Å². The van der Waals surface area contributed by atoms with Crippen LogP contribution in [-0.4, -0.2) is 11.2 Å². The second-order valence-corrected chi connectivity index (χ2v) is 2.40. The van der Waals surface area contributed by atoms with Gasteiger partial charge in [-0.05, 0) is 48.5 Å². The van der Waals surface area contributed by atoms with Gasteiger partial charge in [-0.15, -0.1) is 6.42 Å². The molecule has 0 radical (unpaired) electrons. The van der Waals surface area contributed by atoms with Crippen LogP contribution in [0, 0.1) is 47.9 Å². The van der Waals surface area contributed by atoms with Gasteiger partial charge >= 0.3 is 0 Å². The molecule has 0 saturated carbocycles. The monoisotopic (exact) mass is 194 g/mol. The third-order valence-electron chi connectivity index (χ3n) is 1.07. The number of terminal acetylenes is 1. The van der Waals surface area contributed by atoms with Crippen LogP contribution >= 0.6 is 0 Å². The highest BCUT2D eigenvalue weighted by molar-refractivity contribution is 5.40. The second-order valence-electron chi connectivity index (χ2n) is 2.40. The highest BCUT2D eigenvalue weighted by Gasteiger charge is 1.79. The lowest BCUT2D eigenvalue weighted by Crippen LogP contribution is -1.90. The van der Waals surface area contributed by atoms with Crippen LogP contribution in [0.25, 0.3) is 0 Å². The van der Waals surface area contributed by atoms with Crippen molar-refractivity contribution in [3.05, 3.63) is 24.3 Å². The van der Waals surface area contributed by atoms with Crippen molar-refractivity contribution < 1.29 is 5.11 Å². The quantitative estimate of drug-likeness (QED) is 0.516. The zero-order valence-corrected chi connectivity index (χ0v) is 8.41. The Labute approximate surface area is 90.9 Å². The van der Waals surface area contributed by atoms with Gasteiger partial charge in [-0.1, -0.05) is 24.1 Å². The van der Waals surface area contributed by atoms with Crippen LogP contribution in [0.2, 0.25) is 0 Å². The summed E-state index contributed by atoms with van der Waals surface area (Å²) in [4.78, 5) is 0. The molecule has 0 aromatic rings. The van der Waals surface area contributed by atoms with Crippen LogP contribution in [0.5, 0.6) is 0 Å². The molecule has 0 aliphatic rings. The van der Waals surface area contributed by atoms with E-state index in [-0.39, 0.29) is 0 Å². The first-order chi connectivity index (χ1) is 7.27. The molecule has 0 unspecified atom stereocenters. The van der Waals surface area contributed by atoms with Gasteiger partial charge in [-0.25, -0.2) is 0 Å². The molecule has 0 spiro atoms. The van der Waals surface area contributed by atoms with E-state index in [1.807, 2.05) is 0 Å². The molecular weight excluding hydrogens is 184 g/mol. The molecule has 0 bridgehead atoms. The Hall–Kier alpha value is -2.32. The Morgan fingerprint density at radius 1 is 1.07 bits per heavy atom. The summed E-state index contributed by atoms with van der Waals surface area (Å²) in [7, 11) is 0. The van der Waals surface area contributed by atoms with E-state index in [0.29, 0.717) is 0 Å². The van der Waals surface area contributed by atoms with Crippen LogP contribution in [0.1, 0.15) is 6.92 Å². The van der Waals surface area contributed by atoms with Gasteiger partial charge in [0.15, 0.2) is 0 Å². The lowest BCUT2D eigenvalue weighted by Gasteiger charge is -1.88. The van der Waals surface area contributed by atoms with Crippen molar-refractivity contribution in [3.8, 4) is 47.9 Å². The Kier molecular flexibility index (Phi) is 8.26. The maximum absolute atomic E-state index is 8.87. The third-order valence-corrected chi connectivity index (χ3v) is 1.07. The molecule has 0 aromatic carbocycles. The van der Waals surface area contributed by atoms with Crippen molar-refractivity contribution in [1.82, 2.24) is 0 Å². The molecule has 0 aliphatic carbocycles. The largest absolute Gasteiger partial charge is 0.389 e. The average molecular weight is 194 g/mol. The first-order valence-electron chi connectivity index (χ1n) is 4.25. The fraction of sp³-hybridized carbons (Fsp3) is 0.143. The van der Waals surface area contributed by atoms with Crippen LogP contribution in [0.4, 0.5) is 0 Å². The second kappa shape index (κ2) is 9.77. The molecule has 72 valence electrons. The van der Waals surface area contributed by atoms with Crippen molar-refractivity contribution in [3.63, 3.8) is 0 Å². The van der Waals surface area contributed by atoms with E-state index in [1.54, 1.807) is 31.2 Å². The van der Waals surface area contributed by atoms with E-state index in [1.165, 1.54) is 0 Å². The molecule has 0 aliphatic heterocycles. The molecule has 15 heavy (non-hydrogen) atoms. The summed E-state index contributed by atoms with van der Waals surface area (Å²) in [5, 5.41) is 8.87. The predicted octanol–water partition coefficient (Wildman–Crippen LogP) is 1.12. The Morgan fingerprint density at radius 3 is 2.40 bits per heavy atom. The van der Waals surface area contributed by atoms with Gasteiger partial charge in [0.05, 0.1) is 6.10 Å². The molecule has 0 saturated heterocycles. The lowest BCUT2D eigenvalue weighted by molar-refractivity contribution is 0.244. The minimum atomic E-state index is -0.443. The summed E-state index contributed by atoms with van der Waals surface area (Å²) in [6.07, 6.45) is 11.1. The van der Waals surface area contributed by atoms with Crippen LogP contribution in [-0.2, 0) is 0 Å². The smallest absolute Gasteiger partial charge is 0.0695 e. The van der Waals surface area contributed by atoms with Crippen LogP contribution in [0.3, 0.4) is 0 Å².